The number of primary amides is 1. The normalized spacial score (nSPS) is 26.9. The minimum Gasteiger partial charge on any atom is -0.449 e. The van der Waals surface area contributed by atoms with Crippen LogP contribution in [-0.4, -0.2) is 66.1 Å². The molecule has 32 heavy (non-hydrogen) atoms. The van der Waals surface area contributed by atoms with Crippen molar-refractivity contribution in [1.29, 1.82) is 0 Å². The number of carbonyl (C=O) groups is 5. The second-order valence-corrected chi connectivity index (χ2v) is 7.75. The van der Waals surface area contributed by atoms with Gasteiger partial charge in [0, 0.05) is 31.9 Å². The Bertz CT molecular complexity index is 1040. The van der Waals surface area contributed by atoms with Gasteiger partial charge in [-0.2, -0.15) is 0 Å². The second-order valence-electron chi connectivity index (χ2n) is 7.75. The Morgan fingerprint density at radius 2 is 1.94 bits per heavy atom. The number of nitrogens with two attached hydrogens (primary N) is 1. The number of rotatable bonds is 5. The second kappa shape index (κ2) is 7.48. The summed E-state index contributed by atoms with van der Waals surface area (Å²) in [5, 5.41) is 1.39. The van der Waals surface area contributed by atoms with Crippen molar-refractivity contribution in [2.24, 2.45) is 5.73 Å². The third kappa shape index (κ3) is 3.32. The van der Waals surface area contributed by atoms with Gasteiger partial charge in [0.05, 0.1) is 24.2 Å². The maximum Gasteiger partial charge on any atom is 0.404 e. The molecule has 12 heteroatoms. The summed E-state index contributed by atoms with van der Waals surface area (Å²) in [6, 6.07) is 1.82. The Labute approximate surface area is 182 Å². The average Bonchev–Trinajstić information content (AvgIpc) is 3.42. The van der Waals surface area contributed by atoms with Gasteiger partial charge < -0.3 is 24.8 Å². The van der Waals surface area contributed by atoms with E-state index >= 15 is 0 Å². The number of ether oxygens (including phenoxy) is 3. The Morgan fingerprint density at radius 3 is 2.50 bits per heavy atom. The standard InChI is InChI=1S/C20H21N3O9/c1-9(25)23-15-6-22-14-4-12(7-24)5-16(30-10(2)26)17(14)13(8-29-19(21)28)20(32-22,18(15)23)31-11(3)27/h4-5,7,13,15,18H,6,8H2,1-3H3,(H2,21,28)/t13-,15-,18-,20-,23?/m0/s1. The molecular formula is C20H21N3O9. The lowest BCUT2D eigenvalue weighted by atomic mass is 9.82. The molecule has 3 aliphatic rings. The number of carbonyl (C=O) groups excluding carboxylic acids is 5. The number of anilines is 1. The van der Waals surface area contributed by atoms with Gasteiger partial charge in [0.2, 0.25) is 5.91 Å². The fraction of sp³-hybridized carbons (Fsp3) is 0.450. The number of benzene rings is 1. The SMILES string of the molecule is CC(=O)Oc1cc(C=O)cc2c1[C@H](COC(N)=O)[C@]1(OC(C)=O)ON2C[C@H]2[C@@H]1N2C(C)=O. The highest BCUT2D eigenvalue weighted by Gasteiger charge is 2.73. The summed E-state index contributed by atoms with van der Waals surface area (Å²) in [7, 11) is 0. The highest BCUT2D eigenvalue weighted by molar-refractivity contribution is 5.84. The number of fused-ring (bicyclic) bond motifs is 6. The van der Waals surface area contributed by atoms with Crippen LogP contribution in [0.1, 0.15) is 42.6 Å². The fourth-order valence-corrected chi connectivity index (χ4v) is 4.65. The maximum atomic E-state index is 12.2. The van der Waals surface area contributed by atoms with E-state index in [1.54, 1.807) is 0 Å². The number of hydroxylamine groups is 1. The van der Waals surface area contributed by atoms with Crippen LogP contribution < -0.4 is 15.5 Å². The van der Waals surface area contributed by atoms with Gasteiger partial charge in [-0.05, 0) is 12.1 Å². The predicted octanol–water partition coefficient (Wildman–Crippen LogP) is 0.227. The quantitative estimate of drug-likeness (QED) is 0.287. The summed E-state index contributed by atoms with van der Waals surface area (Å²) in [4.78, 5) is 66.7. The number of amides is 2. The minimum absolute atomic E-state index is 0.00784. The summed E-state index contributed by atoms with van der Waals surface area (Å²) in [6.45, 7) is 3.54. The van der Waals surface area contributed by atoms with Crippen molar-refractivity contribution in [3.63, 3.8) is 0 Å². The molecule has 1 aromatic rings. The van der Waals surface area contributed by atoms with Crippen molar-refractivity contribution in [2.45, 2.75) is 44.6 Å². The van der Waals surface area contributed by atoms with Gasteiger partial charge in [-0.15, -0.1) is 0 Å². The zero-order valence-electron chi connectivity index (χ0n) is 17.5. The molecule has 2 saturated heterocycles. The Kier molecular flexibility index (Phi) is 5.04. The maximum absolute atomic E-state index is 12.2. The molecule has 4 rings (SSSR count). The number of nitrogens with zero attached hydrogens (tertiary/aromatic N) is 2. The first-order valence-corrected chi connectivity index (χ1v) is 9.78. The first kappa shape index (κ1) is 21.6. The van der Waals surface area contributed by atoms with E-state index in [9.17, 15) is 24.0 Å². The van der Waals surface area contributed by atoms with E-state index in [0.29, 0.717) is 17.5 Å². The van der Waals surface area contributed by atoms with Crippen molar-refractivity contribution >= 4 is 35.9 Å². The molecule has 2 bridgehead atoms. The third-order valence-corrected chi connectivity index (χ3v) is 5.64. The zero-order valence-corrected chi connectivity index (χ0v) is 17.5. The lowest BCUT2D eigenvalue weighted by molar-refractivity contribution is -0.265. The van der Waals surface area contributed by atoms with Gasteiger partial charge in [-0.25, -0.2) is 14.7 Å². The molecule has 170 valence electrons. The summed E-state index contributed by atoms with van der Waals surface area (Å²) < 4.78 is 16.1. The molecule has 0 aromatic heterocycles. The molecule has 0 aliphatic carbocycles. The molecule has 2 fully saturated rings. The fourth-order valence-electron chi connectivity index (χ4n) is 4.65. The van der Waals surface area contributed by atoms with E-state index in [0.717, 1.165) is 0 Å². The van der Waals surface area contributed by atoms with Crippen LogP contribution in [0.3, 0.4) is 0 Å². The van der Waals surface area contributed by atoms with E-state index in [2.05, 4.69) is 0 Å². The molecule has 2 amide bonds. The van der Waals surface area contributed by atoms with Crippen molar-refractivity contribution < 1.29 is 43.0 Å². The molecule has 3 aliphatic heterocycles. The van der Waals surface area contributed by atoms with Crippen LogP contribution in [0, 0.1) is 0 Å². The van der Waals surface area contributed by atoms with Crippen molar-refractivity contribution in [3.05, 3.63) is 23.3 Å². The van der Waals surface area contributed by atoms with Crippen LogP contribution in [0.5, 0.6) is 5.75 Å². The highest BCUT2D eigenvalue weighted by atomic mass is 16.8. The van der Waals surface area contributed by atoms with Gasteiger partial charge in [0.25, 0.3) is 5.79 Å². The minimum atomic E-state index is -1.78. The van der Waals surface area contributed by atoms with Crippen LogP contribution in [0.2, 0.25) is 0 Å². The highest BCUT2D eigenvalue weighted by Crippen LogP contribution is 2.58. The van der Waals surface area contributed by atoms with Crippen LogP contribution in [0.25, 0.3) is 0 Å². The molecule has 0 spiro atoms. The van der Waals surface area contributed by atoms with Gasteiger partial charge in [-0.1, -0.05) is 0 Å². The molecule has 3 heterocycles. The van der Waals surface area contributed by atoms with E-state index in [1.807, 2.05) is 0 Å². The van der Waals surface area contributed by atoms with E-state index in [1.165, 1.54) is 42.9 Å². The van der Waals surface area contributed by atoms with Crippen LogP contribution in [0.15, 0.2) is 12.1 Å². The number of hydrogen-bond donors (Lipinski definition) is 1. The Hall–Kier alpha value is -3.67. The number of aldehydes is 1. The lowest BCUT2D eigenvalue weighted by Crippen LogP contribution is -2.61. The topological polar surface area (TPSA) is 155 Å². The van der Waals surface area contributed by atoms with E-state index in [4.69, 9.17) is 24.8 Å². The molecule has 0 unspecified atom stereocenters. The molecule has 1 aromatic carbocycles. The lowest BCUT2D eigenvalue weighted by Gasteiger charge is -2.49. The Balaban J connectivity index is 1.95. The molecule has 0 radical (unpaired) electrons. The van der Waals surface area contributed by atoms with Gasteiger partial charge in [0.1, 0.15) is 24.7 Å². The van der Waals surface area contributed by atoms with Crippen LogP contribution >= 0.6 is 0 Å². The molecule has 12 nitrogen and oxygen atoms in total. The largest absolute Gasteiger partial charge is 0.449 e. The molecular weight excluding hydrogens is 426 g/mol. The van der Waals surface area contributed by atoms with Gasteiger partial charge in [0.15, 0.2) is 0 Å². The predicted molar refractivity (Wildman–Crippen MR) is 104 cm³/mol. The molecule has 2 N–H and O–H groups in total. The summed E-state index contributed by atoms with van der Waals surface area (Å²) >= 11 is 0. The first-order valence-electron chi connectivity index (χ1n) is 9.78. The van der Waals surface area contributed by atoms with Crippen molar-refractivity contribution in [1.82, 2.24) is 4.90 Å². The van der Waals surface area contributed by atoms with Crippen molar-refractivity contribution in [2.75, 3.05) is 18.2 Å². The number of esters is 2. The van der Waals surface area contributed by atoms with Gasteiger partial charge >= 0.3 is 18.0 Å². The first-order chi connectivity index (χ1) is 15.1. The van der Waals surface area contributed by atoms with E-state index < -0.39 is 42.4 Å². The van der Waals surface area contributed by atoms with E-state index in [-0.39, 0.29) is 29.8 Å². The van der Waals surface area contributed by atoms with Crippen LogP contribution in [-0.2, 0) is 28.7 Å². The summed E-state index contributed by atoms with van der Waals surface area (Å²) in [6.07, 6.45) is -0.515. The smallest absolute Gasteiger partial charge is 0.404 e. The Morgan fingerprint density at radius 1 is 1.22 bits per heavy atom. The third-order valence-electron chi connectivity index (χ3n) is 5.64. The van der Waals surface area contributed by atoms with Crippen molar-refractivity contribution in [3.8, 4) is 5.75 Å². The van der Waals surface area contributed by atoms with Crippen LogP contribution in [0.4, 0.5) is 10.5 Å². The monoisotopic (exact) mass is 447 g/mol. The molecule has 4 atom stereocenters. The average molecular weight is 447 g/mol. The summed E-state index contributed by atoms with van der Waals surface area (Å²) in [5.41, 5.74) is 6.03. The van der Waals surface area contributed by atoms with Gasteiger partial charge in [-0.3, -0.25) is 19.2 Å². The summed E-state index contributed by atoms with van der Waals surface area (Å²) in [5.74, 6) is -4.43. The molecule has 0 saturated carbocycles. The number of hydrogen-bond acceptors (Lipinski definition) is 10. The zero-order chi connectivity index (χ0) is 23.4.